The van der Waals surface area contributed by atoms with Gasteiger partial charge in [-0.2, -0.15) is 0 Å². The maximum Gasteiger partial charge on any atom is 0.199 e. The largest absolute Gasteiger partial charge is 0.449 e. The molecule has 0 saturated heterocycles. The third-order valence-electron chi connectivity index (χ3n) is 1.01. The van der Waals surface area contributed by atoms with E-state index in [1.807, 2.05) is 0 Å². The second-order valence-electron chi connectivity index (χ2n) is 1.71. The molecule has 0 bridgehead atoms. The van der Waals surface area contributed by atoms with Gasteiger partial charge in [-0.1, -0.05) is 0 Å². The van der Waals surface area contributed by atoms with Gasteiger partial charge in [0.15, 0.2) is 11.8 Å². The van der Waals surface area contributed by atoms with Crippen molar-refractivity contribution in [3.05, 3.63) is 18.4 Å². The summed E-state index contributed by atoms with van der Waals surface area (Å²) in [4.78, 5) is 3.69. The van der Waals surface area contributed by atoms with Crippen LogP contribution in [0.3, 0.4) is 0 Å². The lowest BCUT2D eigenvalue weighted by molar-refractivity contribution is 0.586. The summed E-state index contributed by atoms with van der Waals surface area (Å²) in [6, 6.07) is 3.53. The highest BCUT2D eigenvalue weighted by Gasteiger charge is 1.93. The van der Waals surface area contributed by atoms with Gasteiger partial charge in [-0.05, 0) is 6.07 Å². The molecule has 0 aliphatic heterocycles. The van der Waals surface area contributed by atoms with E-state index < -0.39 is 0 Å². The van der Waals surface area contributed by atoms with E-state index in [4.69, 9.17) is 10.2 Å². The van der Waals surface area contributed by atoms with Crippen LogP contribution in [0.5, 0.6) is 0 Å². The van der Waals surface area contributed by atoms with Crippen LogP contribution in [-0.2, 0) is 0 Å². The van der Waals surface area contributed by atoms with Gasteiger partial charge in [0.2, 0.25) is 0 Å². The number of nitrogens with zero attached hydrogens (tertiary/aromatic N) is 1. The molecule has 10 heavy (non-hydrogen) atoms. The molecule has 0 unspecified atom stereocenters. The van der Waals surface area contributed by atoms with Crippen molar-refractivity contribution in [1.82, 2.24) is 0 Å². The number of guanidine groups is 1. The molecule has 4 heteroatoms. The van der Waals surface area contributed by atoms with Gasteiger partial charge in [0.05, 0.1) is 6.26 Å². The van der Waals surface area contributed by atoms with Crippen LogP contribution in [-0.4, -0.2) is 13.0 Å². The second-order valence-corrected chi connectivity index (χ2v) is 1.71. The predicted molar refractivity (Wildman–Crippen MR) is 39.9 cm³/mol. The van der Waals surface area contributed by atoms with Crippen molar-refractivity contribution in [2.45, 2.75) is 0 Å². The summed E-state index contributed by atoms with van der Waals surface area (Å²) < 4.78 is 4.93. The number of nitrogens with two attached hydrogens (primary N) is 1. The Hall–Kier alpha value is -1.45. The molecule has 1 aromatic heterocycles. The molecular formula is C6H9N3O. The zero-order valence-electron chi connectivity index (χ0n) is 5.66. The van der Waals surface area contributed by atoms with Crippen molar-refractivity contribution in [2.24, 2.45) is 10.7 Å². The molecule has 0 radical (unpaired) electrons. The van der Waals surface area contributed by atoms with Crippen molar-refractivity contribution in [1.29, 1.82) is 0 Å². The minimum absolute atomic E-state index is 0.343. The van der Waals surface area contributed by atoms with Crippen molar-refractivity contribution in [3.63, 3.8) is 0 Å². The van der Waals surface area contributed by atoms with Crippen molar-refractivity contribution in [3.8, 4) is 0 Å². The van der Waals surface area contributed by atoms with Crippen LogP contribution in [0.2, 0.25) is 0 Å². The Labute approximate surface area is 58.7 Å². The number of hydrogen-bond acceptors (Lipinski definition) is 2. The molecular weight excluding hydrogens is 130 g/mol. The summed E-state index contributed by atoms with van der Waals surface area (Å²) in [7, 11) is 1.60. The molecule has 0 aromatic carbocycles. The molecule has 0 amide bonds. The fourth-order valence-corrected chi connectivity index (χ4v) is 0.532. The van der Waals surface area contributed by atoms with E-state index in [-0.39, 0.29) is 0 Å². The SMILES string of the molecule is CN=C(N)Nc1ccco1. The van der Waals surface area contributed by atoms with E-state index >= 15 is 0 Å². The average molecular weight is 139 g/mol. The van der Waals surface area contributed by atoms with E-state index in [1.54, 1.807) is 25.4 Å². The fraction of sp³-hybridized carbons (Fsp3) is 0.167. The second kappa shape index (κ2) is 2.91. The van der Waals surface area contributed by atoms with Crippen LogP contribution in [0, 0.1) is 0 Å². The first kappa shape index (κ1) is 6.67. The molecule has 1 aromatic rings. The van der Waals surface area contributed by atoms with Gasteiger partial charge in [0.25, 0.3) is 0 Å². The van der Waals surface area contributed by atoms with Crippen LogP contribution in [0.4, 0.5) is 5.88 Å². The van der Waals surface area contributed by atoms with Gasteiger partial charge >= 0.3 is 0 Å². The number of furan rings is 1. The van der Waals surface area contributed by atoms with Gasteiger partial charge < -0.3 is 10.2 Å². The lowest BCUT2D eigenvalue weighted by Gasteiger charge is -1.97. The van der Waals surface area contributed by atoms with Crippen molar-refractivity contribution < 1.29 is 4.42 Å². The molecule has 0 aliphatic carbocycles. The molecule has 4 nitrogen and oxygen atoms in total. The lowest BCUT2D eigenvalue weighted by atomic mass is 10.6. The lowest BCUT2D eigenvalue weighted by Crippen LogP contribution is -2.21. The Morgan fingerprint density at radius 3 is 3.10 bits per heavy atom. The zero-order chi connectivity index (χ0) is 7.40. The van der Waals surface area contributed by atoms with E-state index in [1.165, 1.54) is 0 Å². The van der Waals surface area contributed by atoms with Crippen molar-refractivity contribution >= 4 is 11.8 Å². The maximum atomic E-state index is 5.34. The van der Waals surface area contributed by atoms with Crippen LogP contribution >= 0.6 is 0 Å². The highest BCUT2D eigenvalue weighted by Crippen LogP contribution is 2.04. The molecule has 0 spiro atoms. The van der Waals surface area contributed by atoms with Crippen LogP contribution < -0.4 is 11.1 Å². The molecule has 0 saturated carbocycles. The predicted octanol–water partition coefficient (Wildman–Crippen LogP) is 0.636. The number of hydrogen-bond donors (Lipinski definition) is 2. The Morgan fingerprint density at radius 2 is 2.60 bits per heavy atom. The van der Waals surface area contributed by atoms with Gasteiger partial charge in [0.1, 0.15) is 0 Å². The Kier molecular flexibility index (Phi) is 1.94. The summed E-state index contributed by atoms with van der Waals surface area (Å²) in [5.41, 5.74) is 5.34. The van der Waals surface area contributed by atoms with E-state index in [0.29, 0.717) is 11.8 Å². The molecule has 54 valence electrons. The van der Waals surface area contributed by atoms with Gasteiger partial charge in [-0.15, -0.1) is 0 Å². The summed E-state index contributed by atoms with van der Waals surface area (Å²) in [5, 5.41) is 2.73. The molecule has 0 fully saturated rings. The van der Waals surface area contributed by atoms with Crippen LogP contribution in [0.25, 0.3) is 0 Å². The summed E-state index contributed by atoms with van der Waals surface area (Å²) >= 11 is 0. The van der Waals surface area contributed by atoms with Gasteiger partial charge in [-0.25, -0.2) is 0 Å². The monoisotopic (exact) mass is 139 g/mol. The molecule has 1 rings (SSSR count). The molecule has 3 N–H and O–H groups in total. The van der Waals surface area contributed by atoms with E-state index in [2.05, 4.69) is 10.3 Å². The summed E-state index contributed by atoms with van der Waals surface area (Å²) in [5.74, 6) is 0.943. The minimum Gasteiger partial charge on any atom is -0.449 e. The average Bonchev–Trinajstić information content (AvgIpc) is 2.40. The summed E-state index contributed by atoms with van der Waals surface area (Å²) in [6.07, 6.45) is 1.56. The van der Waals surface area contributed by atoms with Gasteiger partial charge in [0, 0.05) is 13.1 Å². The topological polar surface area (TPSA) is 63.5 Å². The highest BCUT2D eigenvalue weighted by molar-refractivity contribution is 5.90. The molecule has 1 heterocycles. The van der Waals surface area contributed by atoms with E-state index in [0.717, 1.165) is 0 Å². The Morgan fingerprint density at radius 1 is 1.80 bits per heavy atom. The summed E-state index contributed by atoms with van der Waals surface area (Å²) in [6.45, 7) is 0. The first-order valence-corrected chi connectivity index (χ1v) is 2.85. The van der Waals surface area contributed by atoms with E-state index in [9.17, 15) is 0 Å². The Balaban J connectivity index is 2.56. The number of rotatable bonds is 1. The third-order valence-corrected chi connectivity index (χ3v) is 1.01. The zero-order valence-corrected chi connectivity index (χ0v) is 5.66. The maximum absolute atomic E-state index is 5.34. The Bertz CT molecular complexity index is 215. The normalized spacial score (nSPS) is 11.5. The molecule has 0 atom stereocenters. The smallest absolute Gasteiger partial charge is 0.199 e. The highest BCUT2D eigenvalue weighted by atomic mass is 16.3. The standard InChI is InChI=1S/C6H9N3O/c1-8-6(7)9-5-3-2-4-10-5/h2-4H,1H3,(H3,7,8,9). The van der Waals surface area contributed by atoms with Crippen LogP contribution in [0.15, 0.2) is 27.8 Å². The first-order valence-electron chi connectivity index (χ1n) is 2.85. The molecule has 0 aliphatic rings. The van der Waals surface area contributed by atoms with Crippen molar-refractivity contribution in [2.75, 3.05) is 12.4 Å². The number of nitrogens with one attached hydrogen (secondary N) is 1. The quantitative estimate of drug-likeness (QED) is 0.443. The number of aliphatic imine (C=N–C) groups is 1. The third kappa shape index (κ3) is 1.51. The fourth-order valence-electron chi connectivity index (χ4n) is 0.532. The number of anilines is 1. The van der Waals surface area contributed by atoms with Gasteiger partial charge in [-0.3, -0.25) is 10.3 Å². The van der Waals surface area contributed by atoms with Crippen LogP contribution in [0.1, 0.15) is 0 Å². The minimum atomic E-state index is 0.343. The first-order chi connectivity index (χ1) is 4.83.